The zero-order valence-corrected chi connectivity index (χ0v) is 16.6. The van der Waals surface area contributed by atoms with Gasteiger partial charge in [0, 0.05) is 12.2 Å². The molecule has 1 fully saturated rings. The zero-order valence-electron chi connectivity index (χ0n) is 15.0. The van der Waals surface area contributed by atoms with E-state index in [9.17, 15) is 23.4 Å². The SMILES string of the molecule is C=C(C)C(C(=O)OCC=C(C)C)N1C(=O)C(N2C(=O)C=CC2=O)C1S(=O)Cl. The summed E-state index contributed by atoms with van der Waals surface area (Å²) in [6, 6.07) is -2.57. The Labute approximate surface area is 163 Å². The molecule has 27 heavy (non-hydrogen) atoms. The summed E-state index contributed by atoms with van der Waals surface area (Å²) in [5.74, 6) is -2.91. The van der Waals surface area contributed by atoms with Gasteiger partial charge >= 0.3 is 5.97 Å². The van der Waals surface area contributed by atoms with Crippen molar-refractivity contribution in [2.45, 2.75) is 38.2 Å². The molecule has 4 unspecified atom stereocenters. The molecule has 2 rings (SSSR count). The van der Waals surface area contributed by atoms with Crippen LogP contribution in [0.15, 0.2) is 36.0 Å². The molecule has 2 aliphatic rings. The molecule has 0 spiro atoms. The van der Waals surface area contributed by atoms with Gasteiger partial charge in [-0.3, -0.25) is 19.3 Å². The molecule has 0 N–H and O–H groups in total. The number of hydrogen-bond acceptors (Lipinski definition) is 6. The van der Waals surface area contributed by atoms with E-state index in [0.29, 0.717) is 4.90 Å². The lowest BCUT2D eigenvalue weighted by Gasteiger charge is -2.50. The molecule has 8 nitrogen and oxygen atoms in total. The van der Waals surface area contributed by atoms with Gasteiger partial charge in [0.1, 0.15) is 16.6 Å². The number of β-lactam (4-membered cyclic amide) rings is 1. The summed E-state index contributed by atoms with van der Waals surface area (Å²) in [6.45, 7) is 8.86. The summed E-state index contributed by atoms with van der Waals surface area (Å²) in [7, 11) is 3.57. The fourth-order valence-electron chi connectivity index (χ4n) is 2.78. The number of esters is 1. The Kier molecular flexibility index (Phi) is 6.38. The van der Waals surface area contributed by atoms with E-state index in [4.69, 9.17) is 15.4 Å². The van der Waals surface area contributed by atoms with Crippen molar-refractivity contribution in [2.75, 3.05) is 6.61 Å². The van der Waals surface area contributed by atoms with E-state index in [1.807, 2.05) is 13.8 Å². The van der Waals surface area contributed by atoms with Crippen molar-refractivity contribution in [3.05, 3.63) is 36.0 Å². The maximum absolute atomic E-state index is 12.7. The number of carbonyl (C=O) groups excluding carboxylic acids is 4. The summed E-state index contributed by atoms with van der Waals surface area (Å²) >= 11 is 0. The number of rotatable bonds is 7. The molecule has 0 aromatic heterocycles. The van der Waals surface area contributed by atoms with Gasteiger partial charge in [-0.15, -0.1) is 0 Å². The highest BCUT2D eigenvalue weighted by molar-refractivity contribution is 8.08. The van der Waals surface area contributed by atoms with E-state index in [1.165, 1.54) is 6.92 Å². The van der Waals surface area contributed by atoms with Crippen molar-refractivity contribution in [1.29, 1.82) is 0 Å². The van der Waals surface area contributed by atoms with E-state index in [1.54, 1.807) is 6.08 Å². The number of imide groups is 1. The molecule has 0 aromatic carbocycles. The minimum absolute atomic E-state index is 0.00193. The van der Waals surface area contributed by atoms with Gasteiger partial charge in [0.05, 0.1) is 0 Å². The summed E-state index contributed by atoms with van der Waals surface area (Å²) in [6.07, 6.45) is 3.70. The molecule has 4 atom stereocenters. The molecule has 0 radical (unpaired) electrons. The summed E-state index contributed by atoms with van der Waals surface area (Å²) in [5, 5.41) is -1.25. The van der Waals surface area contributed by atoms with Crippen LogP contribution in [0.25, 0.3) is 0 Å². The Bertz CT molecular complexity index is 783. The topological polar surface area (TPSA) is 101 Å². The van der Waals surface area contributed by atoms with Crippen LogP contribution in [0.2, 0.25) is 0 Å². The van der Waals surface area contributed by atoms with Gasteiger partial charge in [0.25, 0.3) is 17.7 Å². The maximum Gasteiger partial charge on any atom is 0.333 e. The summed E-state index contributed by atoms with van der Waals surface area (Å²) < 4.78 is 17.2. The number of nitrogens with zero attached hydrogens (tertiary/aromatic N) is 2. The van der Waals surface area contributed by atoms with Gasteiger partial charge in [-0.05, 0) is 43.1 Å². The smallest absolute Gasteiger partial charge is 0.333 e. The number of allylic oxidation sites excluding steroid dienone is 1. The average Bonchev–Trinajstić information content (AvgIpc) is 2.87. The number of carbonyl (C=O) groups is 4. The molecule has 2 aliphatic heterocycles. The van der Waals surface area contributed by atoms with Gasteiger partial charge in [0.15, 0.2) is 17.5 Å². The second-order valence-corrected chi connectivity index (χ2v) is 8.26. The molecular weight excluding hydrogens is 396 g/mol. The molecule has 2 heterocycles. The van der Waals surface area contributed by atoms with E-state index in [0.717, 1.165) is 22.6 Å². The van der Waals surface area contributed by atoms with Crippen molar-refractivity contribution in [3.8, 4) is 0 Å². The molecule has 0 bridgehead atoms. The average molecular weight is 415 g/mol. The first-order valence-corrected chi connectivity index (χ1v) is 10.0. The highest BCUT2D eigenvalue weighted by Gasteiger charge is 2.60. The zero-order chi connectivity index (χ0) is 20.5. The number of amides is 3. The third-order valence-electron chi connectivity index (χ3n) is 4.05. The van der Waals surface area contributed by atoms with Crippen LogP contribution >= 0.6 is 10.7 Å². The first kappa shape index (κ1) is 21.0. The van der Waals surface area contributed by atoms with Crippen LogP contribution in [0.3, 0.4) is 0 Å². The standard InChI is InChI=1S/C17H19ClN2O6S/c1-9(2)7-8-26-17(24)13(10(3)4)20-15(23)14(16(20)27(18)25)19-11(21)5-6-12(19)22/h5-7,13-14,16H,3,8H2,1-2,4H3. The van der Waals surface area contributed by atoms with Crippen LogP contribution in [0.1, 0.15) is 20.8 Å². The van der Waals surface area contributed by atoms with Crippen molar-refractivity contribution >= 4 is 44.4 Å². The Hall–Kier alpha value is -2.26. The molecular formula is C17H19ClN2O6S. The fourth-order valence-corrected chi connectivity index (χ4v) is 4.18. The Morgan fingerprint density at radius 2 is 1.85 bits per heavy atom. The van der Waals surface area contributed by atoms with Gasteiger partial charge < -0.3 is 9.64 Å². The Morgan fingerprint density at radius 3 is 2.30 bits per heavy atom. The molecule has 3 amide bonds. The highest BCUT2D eigenvalue weighted by atomic mass is 35.7. The third-order valence-corrected chi connectivity index (χ3v) is 5.46. The predicted octanol–water partition coefficient (Wildman–Crippen LogP) is 0.805. The second-order valence-electron chi connectivity index (χ2n) is 6.37. The largest absolute Gasteiger partial charge is 0.460 e. The summed E-state index contributed by atoms with van der Waals surface area (Å²) in [4.78, 5) is 50.5. The van der Waals surface area contributed by atoms with Crippen LogP contribution in [0.4, 0.5) is 0 Å². The van der Waals surface area contributed by atoms with E-state index in [2.05, 4.69) is 6.58 Å². The van der Waals surface area contributed by atoms with Crippen molar-refractivity contribution in [2.24, 2.45) is 0 Å². The summed E-state index contributed by atoms with van der Waals surface area (Å²) in [5.41, 5.74) is 1.21. The van der Waals surface area contributed by atoms with Crippen molar-refractivity contribution in [1.82, 2.24) is 9.80 Å². The van der Waals surface area contributed by atoms with E-state index < -0.39 is 51.2 Å². The van der Waals surface area contributed by atoms with Gasteiger partial charge in [-0.25, -0.2) is 9.00 Å². The van der Waals surface area contributed by atoms with E-state index >= 15 is 0 Å². The van der Waals surface area contributed by atoms with E-state index in [-0.39, 0.29) is 12.2 Å². The van der Waals surface area contributed by atoms with Crippen molar-refractivity contribution in [3.63, 3.8) is 0 Å². The number of halogens is 1. The normalized spacial score (nSPS) is 23.8. The Balaban J connectivity index is 2.27. The van der Waals surface area contributed by atoms with Crippen molar-refractivity contribution < 1.29 is 28.1 Å². The predicted molar refractivity (Wildman–Crippen MR) is 98.4 cm³/mol. The molecule has 0 aliphatic carbocycles. The first-order chi connectivity index (χ1) is 12.6. The lowest BCUT2D eigenvalue weighted by molar-refractivity contribution is -0.170. The highest BCUT2D eigenvalue weighted by Crippen LogP contribution is 2.35. The molecule has 0 saturated carbocycles. The lowest BCUT2D eigenvalue weighted by atomic mass is 9.98. The minimum atomic E-state index is -2.15. The molecule has 146 valence electrons. The molecule has 1 saturated heterocycles. The quantitative estimate of drug-likeness (QED) is 0.201. The Morgan fingerprint density at radius 1 is 1.30 bits per heavy atom. The van der Waals surface area contributed by atoms with Crippen LogP contribution in [-0.2, 0) is 33.9 Å². The molecule has 10 heteroatoms. The first-order valence-electron chi connectivity index (χ1n) is 7.97. The van der Waals surface area contributed by atoms with Crippen LogP contribution in [0.5, 0.6) is 0 Å². The number of hydrogen-bond donors (Lipinski definition) is 0. The van der Waals surface area contributed by atoms with Crippen LogP contribution in [0, 0.1) is 0 Å². The monoisotopic (exact) mass is 414 g/mol. The minimum Gasteiger partial charge on any atom is -0.460 e. The number of ether oxygens (including phenoxy) is 1. The van der Waals surface area contributed by atoms with Gasteiger partial charge in [-0.1, -0.05) is 12.2 Å². The lowest BCUT2D eigenvalue weighted by Crippen LogP contribution is -2.75. The van der Waals surface area contributed by atoms with Crippen LogP contribution in [-0.4, -0.2) is 61.8 Å². The fraction of sp³-hybridized carbons (Fsp3) is 0.412. The number of likely N-dealkylation sites (tertiary alicyclic amines) is 1. The van der Waals surface area contributed by atoms with Gasteiger partial charge in [0.2, 0.25) is 0 Å². The second kappa shape index (κ2) is 8.18. The van der Waals surface area contributed by atoms with Gasteiger partial charge in [-0.2, -0.15) is 0 Å². The van der Waals surface area contributed by atoms with Crippen LogP contribution < -0.4 is 0 Å². The molecule has 0 aromatic rings. The maximum atomic E-state index is 12.7. The third kappa shape index (κ3) is 4.03.